The molecule has 2 amide bonds. The number of carbonyl (C=O) groups is 4. The molecule has 20 heavy (non-hydrogen) atoms. The van der Waals surface area contributed by atoms with Crippen molar-refractivity contribution < 1.29 is 29.4 Å². The van der Waals surface area contributed by atoms with E-state index in [-0.39, 0.29) is 0 Å². The number of thiophene rings is 1. The molecule has 0 saturated heterocycles. The highest BCUT2D eigenvalue weighted by molar-refractivity contribution is 7.12. The first-order valence-electron chi connectivity index (χ1n) is 5.46. The lowest BCUT2D eigenvalue weighted by Gasteiger charge is -2.12. The molecule has 108 valence electrons. The molecule has 1 atom stereocenters. The monoisotopic (exact) mass is 300 g/mol. The Morgan fingerprint density at radius 1 is 1.25 bits per heavy atom. The molecule has 9 heteroatoms. The summed E-state index contributed by atoms with van der Waals surface area (Å²) >= 11 is 1.19. The maximum absolute atomic E-state index is 11.5. The maximum atomic E-state index is 11.5. The highest BCUT2D eigenvalue weighted by Gasteiger charge is 2.23. The zero-order valence-corrected chi connectivity index (χ0v) is 11.0. The van der Waals surface area contributed by atoms with E-state index >= 15 is 0 Å². The van der Waals surface area contributed by atoms with Gasteiger partial charge in [-0.1, -0.05) is 6.07 Å². The molecule has 0 aromatic carbocycles. The maximum Gasteiger partial charge on any atom is 0.326 e. The van der Waals surface area contributed by atoms with Gasteiger partial charge in [0.15, 0.2) is 0 Å². The van der Waals surface area contributed by atoms with Crippen LogP contribution in [0.15, 0.2) is 17.5 Å². The zero-order chi connectivity index (χ0) is 15.1. The van der Waals surface area contributed by atoms with Gasteiger partial charge in [0.1, 0.15) is 6.04 Å². The number of carboxylic acid groups (broad SMARTS) is 2. The van der Waals surface area contributed by atoms with E-state index in [1.54, 1.807) is 17.5 Å². The number of hydrogen-bond acceptors (Lipinski definition) is 5. The number of carbonyl (C=O) groups excluding carboxylic acids is 2. The van der Waals surface area contributed by atoms with Crippen molar-refractivity contribution in [1.29, 1.82) is 0 Å². The Balaban J connectivity index is 2.44. The summed E-state index contributed by atoms with van der Waals surface area (Å²) < 4.78 is 0. The van der Waals surface area contributed by atoms with Crippen LogP contribution in [0.4, 0.5) is 0 Å². The molecule has 1 aromatic heterocycles. The first kappa shape index (κ1) is 15.6. The zero-order valence-electron chi connectivity index (χ0n) is 10.2. The van der Waals surface area contributed by atoms with Crippen LogP contribution in [0.3, 0.4) is 0 Å². The van der Waals surface area contributed by atoms with Crippen molar-refractivity contribution in [3.63, 3.8) is 0 Å². The van der Waals surface area contributed by atoms with Gasteiger partial charge in [-0.2, -0.15) is 0 Å². The topological polar surface area (TPSA) is 133 Å². The fourth-order valence-corrected chi connectivity index (χ4v) is 1.92. The Hall–Kier alpha value is -2.42. The molecule has 0 bridgehead atoms. The van der Waals surface area contributed by atoms with Gasteiger partial charge in [0.25, 0.3) is 5.91 Å². The van der Waals surface area contributed by atoms with E-state index in [4.69, 9.17) is 10.2 Å². The van der Waals surface area contributed by atoms with E-state index in [0.29, 0.717) is 4.88 Å². The van der Waals surface area contributed by atoms with Crippen LogP contribution in [0.2, 0.25) is 0 Å². The van der Waals surface area contributed by atoms with Crippen molar-refractivity contribution >= 4 is 35.1 Å². The van der Waals surface area contributed by atoms with Crippen LogP contribution >= 0.6 is 11.3 Å². The van der Waals surface area contributed by atoms with E-state index in [9.17, 15) is 19.2 Å². The van der Waals surface area contributed by atoms with Gasteiger partial charge in [-0.3, -0.25) is 14.4 Å². The van der Waals surface area contributed by atoms with Crippen molar-refractivity contribution in [2.75, 3.05) is 6.54 Å². The molecule has 0 radical (unpaired) electrons. The molecule has 0 fully saturated rings. The van der Waals surface area contributed by atoms with Crippen molar-refractivity contribution in [3.05, 3.63) is 22.4 Å². The first-order chi connectivity index (χ1) is 9.40. The van der Waals surface area contributed by atoms with Crippen LogP contribution < -0.4 is 10.6 Å². The average molecular weight is 300 g/mol. The van der Waals surface area contributed by atoms with Gasteiger partial charge in [-0.15, -0.1) is 11.3 Å². The second kappa shape index (κ2) is 7.24. The van der Waals surface area contributed by atoms with Gasteiger partial charge in [0.05, 0.1) is 17.8 Å². The fourth-order valence-electron chi connectivity index (χ4n) is 1.28. The van der Waals surface area contributed by atoms with Crippen LogP contribution in [0, 0.1) is 0 Å². The van der Waals surface area contributed by atoms with E-state index in [1.165, 1.54) is 11.3 Å². The highest BCUT2D eigenvalue weighted by Crippen LogP contribution is 2.07. The lowest BCUT2D eigenvalue weighted by atomic mass is 10.2. The molecule has 1 aromatic rings. The predicted molar refractivity (Wildman–Crippen MR) is 68.5 cm³/mol. The Morgan fingerprint density at radius 2 is 1.95 bits per heavy atom. The van der Waals surface area contributed by atoms with Crippen LogP contribution in [0.1, 0.15) is 16.1 Å². The molecule has 4 N–H and O–H groups in total. The molecule has 0 unspecified atom stereocenters. The summed E-state index contributed by atoms with van der Waals surface area (Å²) in [6.07, 6.45) is -0.736. The Morgan fingerprint density at radius 3 is 2.45 bits per heavy atom. The molecule has 0 aliphatic carbocycles. The van der Waals surface area contributed by atoms with Gasteiger partial charge >= 0.3 is 11.9 Å². The van der Waals surface area contributed by atoms with Crippen molar-refractivity contribution in [3.8, 4) is 0 Å². The summed E-state index contributed by atoms with van der Waals surface area (Å²) in [4.78, 5) is 44.5. The number of nitrogens with one attached hydrogen (secondary N) is 2. The number of amides is 2. The van der Waals surface area contributed by atoms with Gasteiger partial charge in [0.2, 0.25) is 5.91 Å². The van der Waals surface area contributed by atoms with E-state index in [1.807, 2.05) is 5.32 Å². The second-order valence-electron chi connectivity index (χ2n) is 3.72. The molecule has 0 spiro atoms. The van der Waals surface area contributed by atoms with E-state index in [2.05, 4.69) is 5.32 Å². The number of aliphatic carboxylic acids is 2. The van der Waals surface area contributed by atoms with Gasteiger partial charge in [-0.05, 0) is 11.4 Å². The molecule has 1 heterocycles. The van der Waals surface area contributed by atoms with Crippen molar-refractivity contribution in [1.82, 2.24) is 10.6 Å². The molecule has 0 aliphatic rings. The Labute approximate surface area is 117 Å². The van der Waals surface area contributed by atoms with Gasteiger partial charge < -0.3 is 20.8 Å². The van der Waals surface area contributed by atoms with Crippen LogP contribution in [0.5, 0.6) is 0 Å². The third kappa shape index (κ3) is 5.06. The standard InChI is InChI=1S/C11H12N2O6S/c14-8(13-6(11(18)19)4-9(15)16)5-12-10(17)7-2-1-3-20-7/h1-3,6H,4-5H2,(H,12,17)(H,13,14)(H,15,16)(H,18,19)/t6-/m0/s1. The first-order valence-corrected chi connectivity index (χ1v) is 6.33. The van der Waals surface area contributed by atoms with E-state index < -0.39 is 42.8 Å². The normalized spacial score (nSPS) is 11.4. The summed E-state index contributed by atoms with van der Waals surface area (Å²) in [6.45, 7) is -0.430. The minimum absolute atomic E-state index is 0.415. The average Bonchev–Trinajstić information content (AvgIpc) is 2.88. The summed E-state index contributed by atoms with van der Waals surface area (Å²) in [5, 5.41) is 23.3. The van der Waals surface area contributed by atoms with Crippen LogP contribution in [0.25, 0.3) is 0 Å². The fraction of sp³-hybridized carbons (Fsp3) is 0.273. The van der Waals surface area contributed by atoms with Gasteiger partial charge in [-0.25, -0.2) is 4.79 Å². The van der Waals surface area contributed by atoms with Crippen molar-refractivity contribution in [2.24, 2.45) is 0 Å². The number of carboxylic acids is 2. The number of hydrogen-bond donors (Lipinski definition) is 4. The third-order valence-electron chi connectivity index (χ3n) is 2.17. The quantitative estimate of drug-likeness (QED) is 0.537. The smallest absolute Gasteiger partial charge is 0.326 e. The molecular formula is C11H12N2O6S. The lowest BCUT2D eigenvalue weighted by molar-refractivity contribution is -0.147. The largest absolute Gasteiger partial charge is 0.481 e. The summed E-state index contributed by atoms with van der Waals surface area (Å²) in [6, 6.07) is 1.72. The van der Waals surface area contributed by atoms with E-state index in [0.717, 1.165) is 0 Å². The van der Waals surface area contributed by atoms with Crippen LogP contribution in [-0.2, 0) is 14.4 Å². The number of rotatable bonds is 7. The predicted octanol–water partition coefficient (Wildman–Crippen LogP) is -0.478. The second-order valence-corrected chi connectivity index (χ2v) is 4.66. The molecule has 0 saturated carbocycles. The molecular weight excluding hydrogens is 288 g/mol. The molecule has 8 nitrogen and oxygen atoms in total. The minimum Gasteiger partial charge on any atom is -0.481 e. The van der Waals surface area contributed by atoms with Crippen LogP contribution in [-0.4, -0.2) is 46.6 Å². The Kier molecular flexibility index (Phi) is 5.66. The summed E-state index contributed by atoms with van der Waals surface area (Å²) in [7, 11) is 0. The third-order valence-corrected chi connectivity index (χ3v) is 3.04. The Bertz CT molecular complexity index is 513. The minimum atomic E-state index is -1.53. The SMILES string of the molecule is O=C(O)C[C@H](NC(=O)CNC(=O)c1cccs1)C(=O)O. The van der Waals surface area contributed by atoms with Gasteiger partial charge in [0, 0.05) is 0 Å². The summed E-state index contributed by atoms with van der Waals surface area (Å²) in [5.74, 6) is -4.03. The molecule has 1 rings (SSSR count). The molecule has 0 aliphatic heterocycles. The lowest BCUT2D eigenvalue weighted by Crippen LogP contribution is -2.46. The highest BCUT2D eigenvalue weighted by atomic mass is 32.1. The van der Waals surface area contributed by atoms with Crippen molar-refractivity contribution in [2.45, 2.75) is 12.5 Å². The summed E-state index contributed by atoms with van der Waals surface area (Å²) in [5.41, 5.74) is 0.